The van der Waals surface area contributed by atoms with Crippen molar-refractivity contribution in [2.24, 2.45) is 0 Å². The number of carbonyl (C=O) groups excluding carboxylic acids is 1. The minimum absolute atomic E-state index is 0.000763. The summed E-state index contributed by atoms with van der Waals surface area (Å²) < 4.78 is 23.3. The number of aliphatic hydroxyl groups is 1. The molecule has 8 nitrogen and oxygen atoms in total. The largest absolute Gasteiger partial charge is 0.756 e. The summed E-state index contributed by atoms with van der Waals surface area (Å²) in [6.45, 7) is 4.56. The Bertz CT molecular complexity index is 1450. The first-order valence-corrected chi connectivity index (χ1v) is 28.2. The molecular formula is C58H101N2O6P. The van der Waals surface area contributed by atoms with Crippen LogP contribution in [0.2, 0.25) is 0 Å². The number of aliphatic hydroxyl groups excluding tert-OH is 1. The van der Waals surface area contributed by atoms with Crippen LogP contribution in [0.1, 0.15) is 200 Å². The summed E-state index contributed by atoms with van der Waals surface area (Å²) in [6.07, 6.45) is 69.6. The van der Waals surface area contributed by atoms with Crippen molar-refractivity contribution >= 4 is 13.7 Å². The van der Waals surface area contributed by atoms with Crippen molar-refractivity contribution in [2.45, 2.75) is 212 Å². The Hall–Kier alpha value is -2.84. The number of phosphoric ester groups is 1. The molecule has 67 heavy (non-hydrogen) atoms. The highest BCUT2D eigenvalue weighted by atomic mass is 31.2. The van der Waals surface area contributed by atoms with E-state index in [4.69, 9.17) is 9.05 Å². The Morgan fingerprint density at radius 1 is 0.537 bits per heavy atom. The van der Waals surface area contributed by atoms with Crippen LogP contribution in [0.25, 0.3) is 0 Å². The van der Waals surface area contributed by atoms with Gasteiger partial charge in [0.2, 0.25) is 5.91 Å². The van der Waals surface area contributed by atoms with Gasteiger partial charge in [-0.05, 0) is 83.5 Å². The molecule has 0 saturated heterocycles. The molecule has 0 radical (unpaired) electrons. The highest BCUT2D eigenvalue weighted by molar-refractivity contribution is 7.45. The number of nitrogens with zero attached hydrogens (tertiary/aromatic N) is 1. The second kappa shape index (κ2) is 48.2. The first kappa shape index (κ1) is 64.2. The zero-order valence-electron chi connectivity index (χ0n) is 43.6. The van der Waals surface area contributed by atoms with Crippen LogP contribution in [0.3, 0.4) is 0 Å². The molecule has 0 aromatic carbocycles. The van der Waals surface area contributed by atoms with Crippen LogP contribution in [-0.2, 0) is 18.4 Å². The van der Waals surface area contributed by atoms with Crippen LogP contribution in [0.4, 0.5) is 0 Å². The van der Waals surface area contributed by atoms with Gasteiger partial charge in [-0.2, -0.15) is 0 Å². The van der Waals surface area contributed by atoms with Gasteiger partial charge in [0.1, 0.15) is 13.2 Å². The maximum absolute atomic E-state index is 12.9. The molecule has 3 unspecified atom stereocenters. The molecule has 384 valence electrons. The standard InChI is InChI=1S/C58H101N2O6P/c1-6-8-10-12-14-16-18-20-22-23-24-25-26-27-28-29-30-31-32-33-34-35-36-37-38-40-42-44-46-48-50-52-58(62)59-56(55-66-67(63,64)65-54-53-60(3,4)5)57(61)51-49-47-45-43-41-39-21-19-17-15-13-11-9-7-2/h8,10,14,16,20,22,24-25,27-28,30-31,33-34,36-37,40,42,56-57,61H,6-7,9,11-13,15,17-19,21,23,26,29,32,35,38-39,41,43-55H2,1-5H3,(H-,59,62,63,64)/b10-8-,16-14-,22-20-,25-24-,28-27-,31-30-,34-33-,37-36-,42-40-. The van der Waals surface area contributed by atoms with Crippen molar-refractivity contribution in [3.05, 3.63) is 109 Å². The van der Waals surface area contributed by atoms with E-state index in [9.17, 15) is 19.4 Å². The molecule has 0 fully saturated rings. The van der Waals surface area contributed by atoms with E-state index in [0.717, 1.165) is 103 Å². The fourth-order valence-corrected chi connectivity index (χ4v) is 7.81. The minimum atomic E-state index is -4.59. The van der Waals surface area contributed by atoms with E-state index in [-0.39, 0.29) is 19.1 Å². The second-order valence-corrected chi connectivity index (χ2v) is 20.3. The molecule has 0 spiro atoms. The van der Waals surface area contributed by atoms with Crippen LogP contribution >= 0.6 is 7.82 Å². The molecule has 0 bridgehead atoms. The number of allylic oxidation sites excluding steroid dienone is 18. The Morgan fingerprint density at radius 3 is 1.31 bits per heavy atom. The third-order valence-electron chi connectivity index (χ3n) is 11.3. The lowest BCUT2D eigenvalue weighted by atomic mass is 10.0. The Balaban J connectivity index is 4.30. The smallest absolute Gasteiger partial charge is 0.268 e. The van der Waals surface area contributed by atoms with Gasteiger partial charge in [0.25, 0.3) is 7.82 Å². The summed E-state index contributed by atoms with van der Waals surface area (Å²) in [7, 11) is 1.26. The van der Waals surface area contributed by atoms with E-state index < -0.39 is 20.0 Å². The minimum Gasteiger partial charge on any atom is -0.756 e. The average molecular weight is 953 g/mol. The first-order chi connectivity index (χ1) is 32.5. The van der Waals surface area contributed by atoms with Gasteiger partial charge in [-0.25, -0.2) is 0 Å². The number of nitrogens with one attached hydrogen (secondary N) is 1. The lowest BCUT2D eigenvalue weighted by Gasteiger charge is -2.30. The summed E-state index contributed by atoms with van der Waals surface area (Å²) in [5.41, 5.74) is 0. The van der Waals surface area contributed by atoms with Gasteiger partial charge in [-0.3, -0.25) is 9.36 Å². The summed E-state index contributed by atoms with van der Waals surface area (Å²) in [6, 6.07) is -0.826. The molecule has 1 amide bonds. The Labute approximate surface area is 412 Å². The third-order valence-corrected chi connectivity index (χ3v) is 12.2. The number of rotatable bonds is 47. The molecule has 0 saturated carbocycles. The molecule has 0 heterocycles. The molecule has 0 aliphatic carbocycles. The zero-order valence-corrected chi connectivity index (χ0v) is 44.5. The molecular weight excluding hydrogens is 852 g/mol. The highest BCUT2D eigenvalue weighted by Crippen LogP contribution is 2.38. The Kier molecular flexibility index (Phi) is 46.2. The quantitative estimate of drug-likeness (QED) is 0.0272. The fourth-order valence-electron chi connectivity index (χ4n) is 7.09. The van der Waals surface area contributed by atoms with Crippen molar-refractivity contribution in [3.63, 3.8) is 0 Å². The van der Waals surface area contributed by atoms with E-state index in [1.807, 2.05) is 21.1 Å². The first-order valence-electron chi connectivity index (χ1n) is 26.7. The maximum Gasteiger partial charge on any atom is 0.268 e. The predicted octanol–water partition coefficient (Wildman–Crippen LogP) is 15.4. The fraction of sp³-hybridized carbons (Fsp3) is 0.672. The number of unbranched alkanes of at least 4 members (excludes halogenated alkanes) is 16. The third kappa shape index (κ3) is 50.9. The number of amides is 1. The van der Waals surface area contributed by atoms with Gasteiger partial charge in [-0.1, -0.05) is 220 Å². The van der Waals surface area contributed by atoms with Crippen LogP contribution in [0, 0.1) is 0 Å². The van der Waals surface area contributed by atoms with Crippen molar-refractivity contribution in [1.82, 2.24) is 5.32 Å². The van der Waals surface area contributed by atoms with Crippen molar-refractivity contribution in [2.75, 3.05) is 40.9 Å². The van der Waals surface area contributed by atoms with E-state index in [0.29, 0.717) is 23.9 Å². The SMILES string of the molecule is CC/C=C\C/C=C\C/C=C\C/C=C\C/C=C\C/C=C\C/C=C\C/C=C\C/C=C\CCCCCC(=O)NC(COP(=O)([O-])OCC[N+](C)(C)C)C(O)CCCCCCCCCCCCCCCC. The van der Waals surface area contributed by atoms with Gasteiger partial charge in [0, 0.05) is 6.42 Å². The van der Waals surface area contributed by atoms with Crippen LogP contribution < -0.4 is 10.2 Å². The van der Waals surface area contributed by atoms with Gasteiger partial charge >= 0.3 is 0 Å². The van der Waals surface area contributed by atoms with Gasteiger partial charge in [-0.15, -0.1) is 0 Å². The molecule has 3 atom stereocenters. The number of carbonyl (C=O) groups is 1. The number of likely N-dealkylation sites (N-methyl/N-ethyl adjacent to an activating group) is 1. The van der Waals surface area contributed by atoms with Crippen LogP contribution in [-0.4, -0.2) is 68.5 Å². The lowest BCUT2D eigenvalue weighted by molar-refractivity contribution is -0.870. The molecule has 0 aliphatic heterocycles. The molecule has 0 aromatic heterocycles. The topological polar surface area (TPSA) is 108 Å². The molecule has 9 heteroatoms. The zero-order chi connectivity index (χ0) is 49.2. The van der Waals surface area contributed by atoms with E-state index in [1.54, 1.807) is 0 Å². The number of hydrogen-bond acceptors (Lipinski definition) is 6. The molecule has 0 aromatic rings. The highest BCUT2D eigenvalue weighted by Gasteiger charge is 2.24. The summed E-state index contributed by atoms with van der Waals surface area (Å²) >= 11 is 0. The Morgan fingerprint density at radius 2 is 0.910 bits per heavy atom. The van der Waals surface area contributed by atoms with Crippen LogP contribution in [0.5, 0.6) is 0 Å². The number of phosphoric acid groups is 1. The van der Waals surface area contributed by atoms with Crippen LogP contribution in [0.15, 0.2) is 109 Å². The van der Waals surface area contributed by atoms with E-state index >= 15 is 0 Å². The average Bonchev–Trinajstić information content (AvgIpc) is 3.29. The number of hydrogen-bond donors (Lipinski definition) is 2. The van der Waals surface area contributed by atoms with E-state index in [1.165, 1.54) is 70.6 Å². The second-order valence-electron chi connectivity index (χ2n) is 18.9. The monoisotopic (exact) mass is 953 g/mol. The van der Waals surface area contributed by atoms with Gasteiger partial charge < -0.3 is 28.8 Å². The molecule has 0 aliphatic rings. The maximum atomic E-state index is 12.9. The van der Waals surface area contributed by atoms with E-state index in [2.05, 4.69) is 129 Å². The van der Waals surface area contributed by atoms with Crippen molar-refractivity contribution < 1.29 is 32.9 Å². The molecule has 0 rings (SSSR count). The summed E-state index contributed by atoms with van der Waals surface area (Å²) in [5.74, 6) is -0.201. The molecule has 2 N–H and O–H groups in total. The van der Waals surface area contributed by atoms with Crippen molar-refractivity contribution in [1.29, 1.82) is 0 Å². The van der Waals surface area contributed by atoms with Gasteiger partial charge in [0.15, 0.2) is 0 Å². The van der Waals surface area contributed by atoms with Gasteiger partial charge in [0.05, 0.1) is 39.9 Å². The summed E-state index contributed by atoms with van der Waals surface area (Å²) in [5, 5.41) is 13.9. The number of quaternary nitrogens is 1. The van der Waals surface area contributed by atoms with Crippen molar-refractivity contribution in [3.8, 4) is 0 Å². The normalized spacial score (nSPS) is 14.9. The lowest BCUT2D eigenvalue weighted by Crippen LogP contribution is -2.46. The summed E-state index contributed by atoms with van der Waals surface area (Å²) in [4.78, 5) is 25.4. The predicted molar refractivity (Wildman–Crippen MR) is 288 cm³/mol.